The fraction of sp³-hybridized carbons (Fsp3) is 0.533. The van der Waals surface area contributed by atoms with Crippen molar-refractivity contribution >= 4 is 17.3 Å². The first-order chi connectivity index (χ1) is 9.06. The molecule has 0 radical (unpaired) electrons. The van der Waals surface area contributed by atoms with Crippen LogP contribution in [0.5, 0.6) is 5.75 Å². The van der Waals surface area contributed by atoms with Crippen LogP contribution in [0.15, 0.2) is 18.2 Å². The summed E-state index contributed by atoms with van der Waals surface area (Å²) >= 11 is 0. The van der Waals surface area contributed by atoms with Crippen molar-refractivity contribution in [3.63, 3.8) is 0 Å². The van der Waals surface area contributed by atoms with E-state index in [1.54, 1.807) is 7.11 Å². The minimum Gasteiger partial charge on any atom is -0.495 e. The summed E-state index contributed by atoms with van der Waals surface area (Å²) < 4.78 is 5.34. The number of rotatable bonds is 7. The molecule has 1 rings (SSSR count). The smallest absolute Gasteiger partial charge is 0.221 e. The number of nitrogens with one attached hydrogen (secondary N) is 2. The van der Waals surface area contributed by atoms with Crippen molar-refractivity contribution in [2.45, 2.75) is 46.1 Å². The third-order valence-corrected chi connectivity index (χ3v) is 2.91. The van der Waals surface area contributed by atoms with Crippen LogP contribution < -0.4 is 15.4 Å². The van der Waals surface area contributed by atoms with E-state index in [-0.39, 0.29) is 5.91 Å². The Morgan fingerprint density at radius 3 is 2.74 bits per heavy atom. The zero-order chi connectivity index (χ0) is 14.3. The lowest BCUT2D eigenvalue weighted by Crippen LogP contribution is -2.16. The van der Waals surface area contributed by atoms with Gasteiger partial charge in [0.15, 0.2) is 0 Å². The van der Waals surface area contributed by atoms with Gasteiger partial charge in [0.1, 0.15) is 5.75 Å². The second kappa shape index (κ2) is 7.67. The number of carbonyl (C=O) groups is 1. The highest BCUT2D eigenvalue weighted by Gasteiger charge is 2.08. The van der Waals surface area contributed by atoms with Crippen molar-refractivity contribution in [1.82, 2.24) is 0 Å². The van der Waals surface area contributed by atoms with Crippen LogP contribution in [0.2, 0.25) is 0 Å². The molecule has 0 heterocycles. The van der Waals surface area contributed by atoms with Gasteiger partial charge in [-0.1, -0.05) is 19.8 Å². The lowest BCUT2D eigenvalue weighted by atomic mass is 10.1. The molecule has 1 atom stereocenters. The van der Waals surface area contributed by atoms with Gasteiger partial charge in [-0.2, -0.15) is 0 Å². The molecular formula is C15H24N2O2. The summed E-state index contributed by atoms with van der Waals surface area (Å²) in [4.78, 5) is 11.1. The molecule has 0 bridgehead atoms. The Bertz CT molecular complexity index is 419. The summed E-state index contributed by atoms with van der Waals surface area (Å²) in [5.41, 5.74) is 1.69. The van der Waals surface area contributed by atoms with Gasteiger partial charge in [-0.15, -0.1) is 0 Å². The van der Waals surface area contributed by atoms with Crippen molar-refractivity contribution in [1.29, 1.82) is 0 Å². The topological polar surface area (TPSA) is 50.4 Å². The maximum atomic E-state index is 11.1. The molecule has 0 aliphatic carbocycles. The van der Waals surface area contributed by atoms with Gasteiger partial charge < -0.3 is 15.4 Å². The van der Waals surface area contributed by atoms with Crippen LogP contribution in [0.3, 0.4) is 0 Å². The number of methoxy groups -OCH3 is 1. The molecule has 1 aromatic rings. The molecule has 0 aromatic heterocycles. The number of amides is 1. The van der Waals surface area contributed by atoms with E-state index in [9.17, 15) is 4.79 Å². The Morgan fingerprint density at radius 2 is 2.16 bits per heavy atom. The first-order valence-corrected chi connectivity index (χ1v) is 6.79. The van der Waals surface area contributed by atoms with Crippen molar-refractivity contribution < 1.29 is 9.53 Å². The van der Waals surface area contributed by atoms with Gasteiger partial charge in [-0.3, -0.25) is 4.79 Å². The molecule has 1 amide bonds. The molecule has 106 valence electrons. The maximum Gasteiger partial charge on any atom is 0.221 e. The Labute approximate surface area is 115 Å². The predicted molar refractivity (Wildman–Crippen MR) is 79.9 cm³/mol. The van der Waals surface area contributed by atoms with Crippen LogP contribution in [0.1, 0.15) is 40.0 Å². The minimum absolute atomic E-state index is 0.0739. The van der Waals surface area contributed by atoms with Crippen LogP contribution in [-0.4, -0.2) is 19.1 Å². The number of benzene rings is 1. The molecule has 0 saturated heterocycles. The molecular weight excluding hydrogens is 240 g/mol. The van der Waals surface area contributed by atoms with Crippen molar-refractivity contribution in [3.05, 3.63) is 18.2 Å². The Balaban J connectivity index is 2.80. The first-order valence-electron chi connectivity index (χ1n) is 6.79. The second-order valence-corrected chi connectivity index (χ2v) is 4.78. The van der Waals surface area contributed by atoms with Gasteiger partial charge in [0.25, 0.3) is 0 Å². The third kappa shape index (κ3) is 5.20. The fourth-order valence-corrected chi connectivity index (χ4v) is 1.95. The summed E-state index contributed by atoms with van der Waals surface area (Å²) in [7, 11) is 1.65. The average Bonchev–Trinajstić information content (AvgIpc) is 2.36. The molecule has 19 heavy (non-hydrogen) atoms. The van der Waals surface area contributed by atoms with Gasteiger partial charge >= 0.3 is 0 Å². The maximum absolute atomic E-state index is 11.1. The van der Waals surface area contributed by atoms with E-state index in [2.05, 4.69) is 24.5 Å². The first kappa shape index (κ1) is 15.3. The fourth-order valence-electron chi connectivity index (χ4n) is 1.95. The Morgan fingerprint density at radius 1 is 1.42 bits per heavy atom. The molecule has 4 heteroatoms. The van der Waals surface area contributed by atoms with E-state index in [4.69, 9.17) is 4.74 Å². The van der Waals surface area contributed by atoms with Gasteiger partial charge in [0, 0.05) is 18.7 Å². The van der Waals surface area contributed by atoms with E-state index in [1.165, 1.54) is 19.8 Å². The highest BCUT2D eigenvalue weighted by Crippen LogP contribution is 2.28. The number of unbranched alkanes of at least 4 members (excludes halogenated alkanes) is 1. The Kier molecular flexibility index (Phi) is 6.19. The van der Waals surface area contributed by atoms with Crippen LogP contribution in [0.25, 0.3) is 0 Å². The predicted octanol–water partition coefficient (Wildman–Crippen LogP) is 3.64. The highest BCUT2D eigenvalue weighted by molar-refractivity contribution is 5.89. The molecule has 0 fully saturated rings. The second-order valence-electron chi connectivity index (χ2n) is 4.78. The standard InChI is InChI=1S/C15H24N2O2/c1-5-6-7-11(2)16-14-10-13(17-12(3)18)8-9-15(14)19-4/h8-11,16H,5-7H2,1-4H3,(H,17,18). The van der Waals surface area contributed by atoms with Crippen molar-refractivity contribution in [3.8, 4) is 5.75 Å². The van der Waals surface area contributed by atoms with Crippen LogP contribution in [-0.2, 0) is 4.79 Å². The molecule has 1 unspecified atom stereocenters. The molecule has 1 aromatic carbocycles. The largest absolute Gasteiger partial charge is 0.495 e. The molecule has 0 aliphatic rings. The molecule has 0 aliphatic heterocycles. The van der Waals surface area contributed by atoms with E-state index in [0.717, 1.165) is 23.5 Å². The zero-order valence-corrected chi connectivity index (χ0v) is 12.2. The Hall–Kier alpha value is -1.71. The molecule has 0 saturated carbocycles. The lowest BCUT2D eigenvalue weighted by Gasteiger charge is -2.18. The number of anilines is 2. The number of carbonyl (C=O) groups excluding carboxylic acids is 1. The molecule has 2 N–H and O–H groups in total. The average molecular weight is 264 g/mol. The van der Waals surface area contributed by atoms with E-state index < -0.39 is 0 Å². The van der Waals surface area contributed by atoms with Crippen LogP contribution >= 0.6 is 0 Å². The molecule has 0 spiro atoms. The SMILES string of the molecule is CCCCC(C)Nc1cc(NC(C)=O)ccc1OC. The van der Waals surface area contributed by atoms with Gasteiger partial charge in [-0.25, -0.2) is 0 Å². The summed E-state index contributed by atoms with van der Waals surface area (Å²) in [6.07, 6.45) is 3.50. The van der Waals surface area contributed by atoms with Crippen molar-refractivity contribution in [2.75, 3.05) is 17.7 Å². The normalized spacial score (nSPS) is 11.8. The van der Waals surface area contributed by atoms with E-state index >= 15 is 0 Å². The zero-order valence-electron chi connectivity index (χ0n) is 12.2. The quantitative estimate of drug-likeness (QED) is 0.790. The van der Waals surface area contributed by atoms with Crippen LogP contribution in [0.4, 0.5) is 11.4 Å². The van der Waals surface area contributed by atoms with Gasteiger partial charge in [0.2, 0.25) is 5.91 Å². The number of ether oxygens (including phenoxy) is 1. The number of hydrogen-bond donors (Lipinski definition) is 2. The van der Waals surface area contributed by atoms with Crippen LogP contribution in [0, 0.1) is 0 Å². The third-order valence-electron chi connectivity index (χ3n) is 2.91. The lowest BCUT2D eigenvalue weighted by molar-refractivity contribution is -0.114. The highest BCUT2D eigenvalue weighted by atomic mass is 16.5. The van der Waals surface area contributed by atoms with Crippen molar-refractivity contribution in [2.24, 2.45) is 0 Å². The summed E-state index contributed by atoms with van der Waals surface area (Å²) in [6, 6.07) is 5.98. The minimum atomic E-state index is -0.0739. The van der Waals surface area contributed by atoms with Gasteiger partial charge in [-0.05, 0) is 31.5 Å². The monoisotopic (exact) mass is 264 g/mol. The summed E-state index contributed by atoms with van der Waals surface area (Å²) in [6.45, 7) is 5.84. The summed E-state index contributed by atoms with van der Waals surface area (Å²) in [5, 5.41) is 6.21. The summed E-state index contributed by atoms with van der Waals surface area (Å²) in [5.74, 6) is 0.715. The molecule has 4 nitrogen and oxygen atoms in total. The van der Waals surface area contributed by atoms with Gasteiger partial charge in [0.05, 0.1) is 12.8 Å². The number of hydrogen-bond acceptors (Lipinski definition) is 3. The van der Waals surface area contributed by atoms with E-state index in [1.807, 2.05) is 18.2 Å². The van der Waals surface area contributed by atoms with E-state index in [0.29, 0.717) is 6.04 Å².